The van der Waals surface area contributed by atoms with Crippen molar-refractivity contribution in [1.82, 2.24) is 9.78 Å². The first-order valence-electron chi connectivity index (χ1n) is 5.73. The minimum atomic E-state index is -0.699. The Labute approximate surface area is 110 Å². The average Bonchev–Trinajstić information content (AvgIpc) is 2.68. The summed E-state index contributed by atoms with van der Waals surface area (Å²) in [7, 11) is 0. The highest BCUT2D eigenvalue weighted by Crippen LogP contribution is 2.23. The minimum absolute atomic E-state index is 0.167. The molecule has 1 aromatic heterocycles. The minimum Gasteiger partial charge on any atom is -0.351 e. The summed E-state index contributed by atoms with van der Waals surface area (Å²) in [4.78, 5) is 22.6. The molecule has 2 rings (SSSR count). The van der Waals surface area contributed by atoms with E-state index in [1.807, 2.05) is 30.3 Å². The number of ketones is 1. The Morgan fingerprint density at radius 1 is 1.26 bits per heavy atom. The number of primary amides is 1. The number of amides is 2. The molecule has 0 aliphatic carbocycles. The van der Waals surface area contributed by atoms with Crippen LogP contribution in [0.25, 0.3) is 5.69 Å². The van der Waals surface area contributed by atoms with E-state index >= 15 is 0 Å². The molecule has 0 aliphatic heterocycles. The predicted molar refractivity (Wildman–Crippen MR) is 71.5 cm³/mol. The SMILES string of the molecule is CC(=O)c1nn(-c2ccccc2)c(NC(N)=O)c1C. The number of hydrogen-bond donors (Lipinski definition) is 2. The monoisotopic (exact) mass is 258 g/mol. The topological polar surface area (TPSA) is 90.0 Å². The van der Waals surface area contributed by atoms with Gasteiger partial charge < -0.3 is 5.73 Å². The second kappa shape index (κ2) is 4.93. The number of hydrogen-bond acceptors (Lipinski definition) is 3. The van der Waals surface area contributed by atoms with Gasteiger partial charge in [-0.15, -0.1) is 0 Å². The van der Waals surface area contributed by atoms with E-state index in [0.29, 0.717) is 17.1 Å². The summed E-state index contributed by atoms with van der Waals surface area (Å²) < 4.78 is 1.50. The Kier molecular flexibility index (Phi) is 3.33. The lowest BCUT2D eigenvalue weighted by Gasteiger charge is -2.07. The number of Topliss-reactive ketones (excluding diaryl/α,β-unsaturated/α-hetero) is 1. The van der Waals surface area contributed by atoms with Crippen molar-refractivity contribution in [3.63, 3.8) is 0 Å². The van der Waals surface area contributed by atoms with Crippen LogP contribution in [0.15, 0.2) is 30.3 Å². The number of nitrogens with one attached hydrogen (secondary N) is 1. The van der Waals surface area contributed by atoms with Crippen LogP contribution in [0, 0.1) is 6.92 Å². The first kappa shape index (κ1) is 12.8. The molecule has 0 spiro atoms. The van der Waals surface area contributed by atoms with Crippen molar-refractivity contribution >= 4 is 17.6 Å². The lowest BCUT2D eigenvalue weighted by Crippen LogP contribution is -2.21. The number of aromatic nitrogens is 2. The number of carbonyl (C=O) groups excluding carboxylic acids is 2. The zero-order valence-electron chi connectivity index (χ0n) is 10.7. The van der Waals surface area contributed by atoms with Crippen LogP contribution in [-0.4, -0.2) is 21.6 Å². The maximum Gasteiger partial charge on any atom is 0.317 e. The highest BCUT2D eigenvalue weighted by atomic mass is 16.2. The lowest BCUT2D eigenvalue weighted by molar-refractivity contribution is 0.101. The number of benzene rings is 1. The summed E-state index contributed by atoms with van der Waals surface area (Å²) in [6.45, 7) is 3.15. The van der Waals surface area contributed by atoms with Crippen LogP contribution in [0.1, 0.15) is 23.0 Å². The summed E-state index contributed by atoms with van der Waals surface area (Å²) in [5.74, 6) is 0.239. The Morgan fingerprint density at radius 3 is 2.42 bits per heavy atom. The lowest BCUT2D eigenvalue weighted by atomic mass is 10.2. The molecule has 0 aliphatic rings. The summed E-state index contributed by atoms with van der Waals surface area (Å²) in [6, 6.07) is 8.50. The molecule has 0 fully saturated rings. The van der Waals surface area contributed by atoms with Crippen molar-refractivity contribution in [3.05, 3.63) is 41.6 Å². The van der Waals surface area contributed by atoms with E-state index in [4.69, 9.17) is 5.73 Å². The number of rotatable bonds is 3. The second-order valence-electron chi connectivity index (χ2n) is 4.12. The molecule has 0 unspecified atom stereocenters. The molecule has 6 nitrogen and oxygen atoms in total. The van der Waals surface area contributed by atoms with Crippen molar-refractivity contribution in [3.8, 4) is 5.69 Å². The third kappa shape index (κ3) is 2.47. The molecule has 0 bridgehead atoms. The fourth-order valence-electron chi connectivity index (χ4n) is 1.85. The van der Waals surface area contributed by atoms with E-state index in [0.717, 1.165) is 5.69 Å². The van der Waals surface area contributed by atoms with E-state index < -0.39 is 6.03 Å². The number of urea groups is 1. The van der Waals surface area contributed by atoms with Crippen LogP contribution in [0.4, 0.5) is 10.6 Å². The first-order chi connectivity index (χ1) is 9.00. The average molecular weight is 258 g/mol. The molecule has 1 aromatic carbocycles. The largest absolute Gasteiger partial charge is 0.351 e. The Bertz CT molecular complexity index is 632. The van der Waals surface area contributed by atoms with Gasteiger partial charge in [0.15, 0.2) is 5.78 Å². The van der Waals surface area contributed by atoms with Crippen molar-refractivity contribution < 1.29 is 9.59 Å². The van der Waals surface area contributed by atoms with Crippen LogP contribution >= 0.6 is 0 Å². The van der Waals surface area contributed by atoms with Gasteiger partial charge in [-0.3, -0.25) is 10.1 Å². The third-order valence-electron chi connectivity index (χ3n) is 2.70. The molecular weight excluding hydrogens is 244 g/mol. The van der Waals surface area contributed by atoms with Crippen LogP contribution in [-0.2, 0) is 0 Å². The molecule has 0 radical (unpaired) electrons. The molecule has 2 amide bonds. The van der Waals surface area contributed by atoms with E-state index in [2.05, 4.69) is 10.4 Å². The van der Waals surface area contributed by atoms with Gasteiger partial charge in [0.1, 0.15) is 11.5 Å². The molecule has 98 valence electrons. The van der Waals surface area contributed by atoms with Crippen molar-refractivity contribution in [1.29, 1.82) is 0 Å². The second-order valence-corrected chi connectivity index (χ2v) is 4.12. The summed E-state index contributed by atoms with van der Waals surface area (Å²) in [5, 5.41) is 6.73. The molecule has 0 atom stereocenters. The molecule has 19 heavy (non-hydrogen) atoms. The van der Waals surface area contributed by atoms with Crippen molar-refractivity contribution in [2.75, 3.05) is 5.32 Å². The van der Waals surface area contributed by atoms with Crippen molar-refractivity contribution in [2.24, 2.45) is 5.73 Å². The number of anilines is 1. The number of carbonyl (C=O) groups is 2. The Balaban J connectivity index is 2.62. The van der Waals surface area contributed by atoms with Gasteiger partial charge in [-0.1, -0.05) is 18.2 Å². The molecule has 2 aromatic rings. The fourth-order valence-corrected chi connectivity index (χ4v) is 1.85. The Hall–Kier alpha value is -2.63. The van der Waals surface area contributed by atoms with E-state index in [-0.39, 0.29) is 5.78 Å². The summed E-state index contributed by atoms with van der Waals surface area (Å²) >= 11 is 0. The fraction of sp³-hybridized carbons (Fsp3) is 0.154. The smallest absolute Gasteiger partial charge is 0.317 e. The maximum atomic E-state index is 11.5. The normalized spacial score (nSPS) is 10.2. The zero-order valence-corrected chi connectivity index (χ0v) is 10.7. The molecule has 3 N–H and O–H groups in total. The number of nitrogens with zero attached hydrogens (tertiary/aromatic N) is 2. The molecule has 6 heteroatoms. The van der Waals surface area contributed by atoms with Crippen LogP contribution in [0.2, 0.25) is 0 Å². The number of nitrogens with two attached hydrogens (primary N) is 1. The summed E-state index contributed by atoms with van der Waals surface area (Å²) in [6.07, 6.45) is 0. The van der Waals surface area contributed by atoms with Gasteiger partial charge >= 0.3 is 6.03 Å². The van der Waals surface area contributed by atoms with Crippen LogP contribution in [0.3, 0.4) is 0 Å². The molecular formula is C13H14N4O2. The molecule has 0 saturated heterocycles. The number of para-hydroxylation sites is 1. The quantitative estimate of drug-likeness (QED) is 0.823. The van der Waals surface area contributed by atoms with Gasteiger partial charge in [0.2, 0.25) is 0 Å². The predicted octanol–water partition coefficient (Wildman–Crippen LogP) is 1.87. The standard InChI is InChI=1S/C13H14N4O2/c1-8-11(9(2)18)16-17(12(8)15-13(14)19)10-6-4-3-5-7-10/h3-7H,1-2H3,(H3,14,15,19). The molecule has 0 saturated carbocycles. The van der Waals surface area contributed by atoms with Gasteiger partial charge in [-0.05, 0) is 19.1 Å². The van der Waals surface area contributed by atoms with Crippen LogP contribution < -0.4 is 11.1 Å². The van der Waals surface area contributed by atoms with Gasteiger partial charge in [0.05, 0.1) is 5.69 Å². The third-order valence-corrected chi connectivity index (χ3v) is 2.70. The van der Waals surface area contributed by atoms with Gasteiger partial charge in [-0.25, -0.2) is 9.48 Å². The molecule has 1 heterocycles. The van der Waals surface area contributed by atoms with Crippen LogP contribution in [0.5, 0.6) is 0 Å². The van der Waals surface area contributed by atoms with Gasteiger partial charge in [-0.2, -0.15) is 5.10 Å². The Morgan fingerprint density at radius 2 is 1.89 bits per heavy atom. The van der Waals surface area contributed by atoms with E-state index in [1.165, 1.54) is 11.6 Å². The summed E-state index contributed by atoms with van der Waals surface area (Å²) in [5.41, 5.74) is 6.79. The first-order valence-corrected chi connectivity index (χ1v) is 5.73. The van der Waals surface area contributed by atoms with E-state index in [1.54, 1.807) is 6.92 Å². The highest BCUT2D eigenvalue weighted by molar-refractivity contribution is 5.97. The van der Waals surface area contributed by atoms with E-state index in [9.17, 15) is 9.59 Å². The van der Waals surface area contributed by atoms with Gasteiger partial charge in [0, 0.05) is 12.5 Å². The van der Waals surface area contributed by atoms with Gasteiger partial charge in [0.25, 0.3) is 0 Å². The zero-order chi connectivity index (χ0) is 14.0. The maximum absolute atomic E-state index is 11.5. The highest BCUT2D eigenvalue weighted by Gasteiger charge is 2.19. The van der Waals surface area contributed by atoms with Crippen molar-refractivity contribution in [2.45, 2.75) is 13.8 Å².